The SMILES string of the molecule is CCCCCC/C=N/NC(=O)OC. The fourth-order valence-corrected chi connectivity index (χ4v) is 0.871. The fourth-order valence-electron chi connectivity index (χ4n) is 0.871. The number of ether oxygens (including phenoxy) is 1. The largest absolute Gasteiger partial charge is 0.452 e. The minimum atomic E-state index is -0.523. The molecule has 0 radical (unpaired) electrons. The van der Waals surface area contributed by atoms with E-state index in [2.05, 4.69) is 22.2 Å². The van der Waals surface area contributed by atoms with Gasteiger partial charge < -0.3 is 4.74 Å². The molecule has 4 nitrogen and oxygen atoms in total. The quantitative estimate of drug-likeness (QED) is 0.393. The summed E-state index contributed by atoms with van der Waals surface area (Å²) in [6.07, 6.45) is 6.93. The summed E-state index contributed by atoms with van der Waals surface area (Å²) in [5.41, 5.74) is 2.23. The Morgan fingerprint density at radius 3 is 2.85 bits per heavy atom. The van der Waals surface area contributed by atoms with E-state index in [1.807, 2.05) is 0 Å². The lowest BCUT2D eigenvalue weighted by atomic mass is 10.2. The van der Waals surface area contributed by atoms with Gasteiger partial charge in [0.15, 0.2) is 0 Å². The Bertz CT molecular complexity index is 158. The summed E-state index contributed by atoms with van der Waals surface area (Å²) in [4.78, 5) is 10.5. The van der Waals surface area contributed by atoms with Crippen LogP contribution in [0.5, 0.6) is 0 Å². The number of nitrogens with one attached hydrogen (secondary N) is 1. The number of nitrogens with zero attached hydrogens (tertiary/aromatic N) is 1. The van der Waals surface area contributed by atoms with Gasteiger partial charge in [0.25, 0.3) is 0 Å². The van der Waals surface area contributed by atoms with Crippen LogP contribution in [0.2, 0.25) is 0 Å². The van der Waals surface area contributed by atoms with E-state index in [1.165, 1.54) is 26.4 Å². The van der Waals surface area contributed by atoms with Crippen molar-refractivity contribution < 1.29 is 9.53 Å². The van der Waals surface area contributed by atoms with E-state index in [1.54, 1.807) is 6.21 Å². The molecule has 0 unspecified atom stereocenters. The van der Waals surface area contributed by atoms with Crippen LogP contribution in [0.3, 0.4) is 0 Å². The van der Waals surface area contributed by atoms with Gasteiger partial charge in [-0.25, -0.2) is 10.2 Å². The number of methoxy groups -OCH3 is 1. The van der Waals surface area contributed by atoms with E-state index in [0.29, 0.717) is 0 Å². The van der Waals surface area contributed by atoms with Crippen molar-refractivity contribution in [1.29, 1.82) is 0 Å². The molecule has 0 spiro atoms. The van der Waals surface area contributed by atoms with Gasteiger partial charge in [0.2, 0.25) is 0 Å². The average molecular weight is 186 g/mol. The molecule has 0 bridgehead atoms. The summed E-state index contributed by atoms with van der Waals surface area (Å²) >= 11 is 0. The van der Waals surface area contributed by atoms with Gasteiger partial charge in [-0.2, -0.15) is 5.10 Å². The van der Waals surface area contributed by atoms with Crippen LogP contribution in [-0.4, -0.2) is 19.4 Å². The molecule has 0 fully saturated rings. The monoisotopic (exact) mass is 186 g/mol. The lowest BCUT2D eigenvalue weighted by Crippen LogP contribution is -2.16. The highest BCUT2D eigenvalue weighted by Gasteiger charge is 1.91. The third-order valence-electron chi connectivity index (χ3n) is 1.62. The smallest absolute Gasteiger partial charge is 0.427 e. The zero-order valence-electron chi connectivity index (χ0n) is 8.38. The highest BCUT2D eigenvalue weighted by Crippen LogP contribution is 2.00. The Balaban J connectivity index is 3.17. The third-order valence-corrected chi connectivity index (χ3v) is 1.62. The maximum atomic E-state index is 10.5. The molecule has 1 N–H and O–H groups in total. The minimum absolute atomic E-state index is 0.523. The van der Waals surface area contributed by atoms with Crippen molar-refractivity contribution in [2.45, 2.75) is 39.0 Å². The van der Waals surface area contributed by atoms with Crippen LogP contribution in [0.25, 0.3) is 0 Å². The Hall–Kier alpha value is -1.06. The number of rotatable bonds is 6. The summed E-state index contributed by atoms with van der Waals surface area (Å²) in [6.45, 7) is 2.17. The summed E-state index contributed by atoms with van der Waals surface area (Å²) in [7, 11) is 1.31. The molecule has 1 amide bonds. The van der Waals surface area contributed by atoms with Gasteiger partial charge in [-0.3, -0.25) is 0 Å². The Labute approximate surface area is 79.3 Å². The van der Waals surface area contributed by atoms with Crippen LogP contribution in [0.1, 0.15) is 39.0 Å². The first kappa shape index (κ1) is 11.9. The zero-order chi connectivity index (χ0) is 9.94. The van der Waals surface area contributed by atoms with E-state index in [0.717, 1.165) is 12.8 Å². The van der Waals surface area contributed by atoms with Gasteiger partial charge in [0.05, 0.1) is 7.11 Å². The molecule has 76 valence electrons. The van der Waals surface area contributed by atoms with Crippen molar-refractivity contribution in [1.82, 2.24) is 5.43 Å². The fraction of sp³-hybridized carbons (Fsp3) is 0.778. The predicted octanol–water partition coefficient (Wildman–Crippen LogP) is 2.30. The number of carbonyl (C=O) groups excluding carboxylic acids is 1. The topological polar surface area (TPSA) is 50.7 Å². The predicted molar refractivity (Wildman–Crippen MR) is 52.8 cm³/mol. The van der Waals surface area contributed by atoms with Crippen LogP contribution in [0, 0.1) is 0 Å². The first-order chi connectivity index (χ1) is 6.31. The molecule has 4 heteroatoms. The molecule has 0 aromatic carbocycles. The lowest BCUT2D eigenvalue weighted by Gasteiger charge is -1.95. The number of hydrazone groups is 1. The Kier molecular flexibility index (Phi) is 8.30. The first-order valence-electron chi connectivity index (χ1n) is 4.66. The summed E-state index contributed by atoms with van der Waals surface area (Å²) in [5, 5.41) is 3.69. The number of unbranched alkanes of at least 4 members (excludes halogenated alkanes) is 4. The molecule has 13 heavy (non-hydrogen) atoms. The standard InChI is InChI=1S/C9H18N2O2/c1-3-4-5-6-7-8-10-11-9(12)13-2/h8H,3-7H2,1-2H3,(H,11,12)/b10-8+. The normalized spacial score (nSPS) is 10.3. The molecule has 0 aliphatic heterocycles. The molecule has 0 aromatic rings. The second kappa shape index (κ2) is 9.03. The molecule has 0 atom stereocenters. The summed E-state index contributed by atoms with van der Waals surface area (Å²) < 4.78 is 4.33. The molecule has 0 heterocycles. The highest BCUT2D eigenvalue weighted by atomic mass is 16.5. The molecular weight excluding hydrogens is 168 g/mol. The molecule has 0 aliphatic carbocycles. The third kappa shape index (κ3) is 8.85. The van der Waals surface area contributed by atoms with E-state index in [4.69, 9.17) is 0 Å². The second-order valence-corrected chi connectivity index (χ2v) is 2.76. The second-order valence-electron chi connectivity index (χ2n) is 2.76. The van der Waals surface area contributed by atoms with Crippen molar-refractivity contribution in [3.05, 3.63) is 0 Å². The molecule has 0 aliphatic rings. The van der Waals surface area contributed by atoms with Gasteiger partial charge >= 0.3 is 6.09 Å². The van der Waals surface area contributed by atoms with E-state index in [9.17, 15) is 4.79 Å². The van der Waals surface area contributed by atoms with Crippen LogP contribution >= 0.6 is 0 Å². The molecule has 0 saturated heterocycles. The van der Waals surface area contributed by atoms with Gasteiger partial charge in [0.1, 0.15) is 0 Å². The number of amides is 1. The number of hydrogen-bond donors (Lipinski definition) is 1. The lowest BCUT2D eigenvalue weighted by molar-refractivity contribution is 0.171. The summed E-state index contributed by atoms with van der Waals surface area (Å²) in [5.74, 6) is 0. The van der Waals surface area contributed by atoms with Gasteiger partial charge in [-0.05, 0) is 12.8 Å². The van der Waals surface area contributed by atoms with Gasteiger partial charge in [-0.1, -0.05) is 26.2 Å². The van der Waals surface area contributed by atoms with Crippen LogP contribution in [-0.2, 0) is 4.74 Å². The molecule has 0 rings (SSSR count). The Morgan fingerprint density at radius 2 is 2.23 bits per heavy atom. The maximum Gasteiger partial charge on any atom is 0.427 e. The Morgan fingerprint density at radius 1 is 1.46 bits per heavy atom. The highest BCUT2D eigenvalue weighted by molar-refractivity contribution is 5.68. The number of carbonyl (C=O) groups is 1. The van der Waals surface area contributed by atoms with Crippen molar-refractivity contribution in [2.75, 3.05) is 7.11 Å². The van der Waals surface area contributed by atoms with Crippen LogP contribution in [0.4, 0.5) is 4.79 Å². The van der Waals surface area contributed by atoms with Crippen molar-refractivity contribution >= 4 is 12.3 Å². The molecular formula is C9H18N2O2. The zero-order valence-corrected chi connectivity index (χ0v) is 8.38. The van der Waals surface area contributed by atoms with Crippen LogP contribution < -0.4 is 5.43 Å². The average Bonchev–Trinajstić information content (AvgIpc) is 2.16. The van der Waals surface area contributed by atoms with Crippen LogP contribution in [0.15, 0.2) is 5.10 Å². The maximum absolute atomic E-state index is 10.5. The molecule has 0 saturated carbocycles. The van der Waals surface area contributed by atoms with Crippen molar-refractivity contribution in [3.8, 4) is 0 Å². The molecule has 0 aromatic heterocycles. The summed E-state index contributed by atoms with van der Waals surface area (Å²) in [6, 6.07) is 0. The first-order valence-corrected chi connectivity index (χ1v) is 4.66. The van der Waals surface area contributed by atoms with Gasteiger partial charge in [-0.15, -0.1) is 0 Å². The van der Waals surface area contributed by atoms with E-state index in [-0.39, 0.29) is 0 Å². The van der Waals surface area contributed by atoms with Crippen molar-refractivity contribution in [2.24, 2.45) is 5.10 Å². The van der Waals surface area contributed by atoms with E-state index >= 15 is 0 Å². The van der Waals surface area contributed by atoms with E-state index < -0.39 is 6.09 Å². The minimum Gasteiger partial charge on any atom is -0.452 e. The van der Waals surface area contributed by atoms with Gasteiger partial charge in [0, 0.05) is 6.21 Å². The van der Waals surface area contributed by atoms with Crippen molar-refractivity contribution in [3.63, 3.8) is 0 Å². The number of hydrogen-bond acceptors (Lipinski definition) is 3.